The van der Waals surface area contributed by atoms with E-state index in [1.807, 2.05) is 0 Å². The quantitative estimate of drug-likeness (QED) is 0.124. The largest absolute Gasteiger partial charge is 0.748 e. The van der Waals surface area contributed by atoms with E-state index in [-0.39, 0.29) is 5.75 Å². The van der Waals surface area contributed by atoms with Gasteiger partial charge in [0.2, 0.25) is 0 Å². The van der Waals surface area contributed by atoms with Gasteiger partial charge in [0.25, 0.3) is 0 Å². The number of nitrogens with zero attached hydrogens (tertiary/aromatic N) is 1. The molecular weight excluding hydrogens is 506 g/mol. The molecule has 0 amide bonds. The van der Waals surface area contributed by atoms with Crippen molar-refractivity contribution in [1.82, 2.24) is 10.9 Å². The minimum Gasteiger partial charge on any atom is -0.748 e. The van der Waals surface area contributed by atoms with Gasteiger partial charge in [-0.05, 0) is 104 Å². The van der Waals surface area contributed by atoms with Crippen molar-refractivity contribution < 1.29 is 17.5 Å². The van der Waals surface area contributed by atoms with Crippen LogP contribution < -0.4 is 10.9 Å². The van der Waals surface area contributed by atoms with Crippen molar-refractivity contribution in [3.63, 3.8) is 0 Å². The highest BCUT2D eigenvalue weighted by Crippen LogP contribution is 2.68. The van der Waals surface area contributed by atoms with Crippen molar-refractivity contribution in [1.29, 1.82) is 0 Å². The first-order chi connectivity index (χ1) is 18.3. The van der Waals surface area contributed by atoms with Crippen LogP contribution in [0.25, 0.3) is 0 Å². The van der Waals surface area contributed by atoms with E-state index in [9.17, 15) is 13.0 Å². The van der Waals surface area contributed by atoms with Gasteiger partial charge in [-0.1, -0.05) is 40.5 Å². The van der Waals surface area contributed by atoms with Crippen LogP contribution in [0.4, 0.5) is 0 Å². The zero-order chi connectivity index (χ0) is 28.5. The topological polar surface area (TPSA) is 81.3 Å². The average Bonchev–Trinajstić information content (AvgIpc) is 3.20. The predicted octanol–water partition coefficient (Wildman–Crippen LogP) is 5.95. The Kier molecular flexibility index (Phi) is 10.2. The molecule has 6 nitrogen and oxygen atoms in total. The first-order valence-electron chi connectivity index (χ1n) is 16.5. The van der Waals surface area contributed by atoms with Crippen molar-refractivity contribution >= 4 is 10.1 Å². The van der Waals surface area contributed by atoms with Gasteiger partial charge in [0, 0.05) is 31.2 Å². The standard InChI is InChI=1S/C32H61N3O3S/c1-7-10-24(2)28-13-14-29-27-12-11-25-23-26(15-17-31(25,3)30(27)16-18-32(28,29)4)34-33-19-8-20-35(5,6)21-9-22-39(36,37)38/h24-30,33-34H,7-23H2,1-6H3/t24-,25?,26?,27?,28-,29?,30?,31+,32-/m1/s1. The number of hydrogen-bond acceptors (Lipinski definition) is 5. The van der Waals surface area contributed by atoms with Gasteiger partial charge in [-0.15, -0.1) is 0 Å². The van der Waals surface area contributed by atoms with Crippen molar-refractivity contribution in [3.05, 3.63) is 0 Å². The predicted molar refractivity (Wildman–Crippen MR) is 160 cm³/mol. The van der Waals surface area contributed by atoms with E-state index in [1.165, 1.54) is 70.6 Å². The maximum atomic E-state index is 10.9. The minimum atomic E-state index is -4.10. The first kappa shape index (κ1) is 31.7. The Morgan fingerprint density at radius 3 is 2.36 bits per heavy atom. The average molecular weight is 568 g/mol. The van der Waals surface area contributed by atoms with Gasteiger partial charge in [-0.3, -0.25) is 10.9 Å². The lowest BCUT2D eigenvalue weighted by atomic mass is 9.44. The van der Waals surface area contributed by atoms with E-state index in [0.29, 0.717) is 23.3 Å². The fraction of sp³-hybridized carbons (Fsp3) is 1.00. The zero-order valence-electron chi connectivity index (χ0n) is 26.1. The summed E-state index contributed by atoms with van der Waals surface area (Å²) in [4.78, 5) is 0. The summed E-state index contributed by atoms with van der Waals surface area (Å²) in [5, 5.41) is 0. The number of fused-ring (bicyclic) bond motifs is 5. The fourth-order valence-corrected chi connectivity index (χ4v) is 11.1. The number of hydrazine groups is 1. The van der Waals surface area contributed by atoms with Gasteiger partial charge in [0.1, 0.15) is 0 Å². The summed E-state index contributed by atoms with van der Waals surface area (Å²) in [5.41, 5.74) is 8.35. The Hall–Kier alpha value is -0.210. The van der Waals surface area contributed by atoms with Crippen LogP contribution >= 0.6 is 0 Å². The van der Waals surface area contributed by atoms with Crippen LogP contribution in [0.5, 0.6) is 0 Å². The van der Waals surface area contributed by atoms with E-state index in [0.717, 1.165) is 66.0 Å². The molecule has 5 unspecified atom stereocenters. The van der Waals surface area contributed by atoms with E-state index in [4.69, 9.17) is 0 Å². The molecule has 0 spiro atoms. The summed E-state index contributed by atoms with van der Waals surface area (Å²) in [7, 11) is 0.135. The number of hydrogen-bond donors (Lipinski definition) is 2. The molecule has 4 rings (SSSR count). The van der Waals surface area contributed by atoms with Crippen LogP contribution in [0.1, 0.15) is 111 Å². The molecular formula is C32H61N3O3S. The van der Waals surface area contributed by atoms with Gasteiger partial charge in [0.15, 0.2) is 0 Å². The van der Waals surface area contributed by atoms with Gasteiger partial charge >= 0.3 is 0 Å². The van der Waals surface area contributed by atoms with E-state index in [1.54, 1.807) is 0 Å². The smallest absolute Gasteiger partial charge is 0.0948 e. The highest BCUT2D eigenvalue weighted by atomic mass is 32.2. The molecule has 4 saturated carbocycles. The van der Waals surface area contributed by atoms with Crippen LogP contribution in [-0.2, 0) is 10.1 Å². The molecule has 4 aliphatic rings. The second-order valence-electron chi connectivity index (χ2n) is 15.5. The van der Waals surface area contributed by atoms with Crippen molar-refractivity contribution in [2.75, 3.05) is 39.5 Å². The highest BCUT2D eigenvalue weighted by Gasteiger charge is 2.60. The molecule has 0 bridgehead atoms. The Balaban J connectivity index is 1.22. The molecule has 39 heavy (non-hydrogen) atoms. The lowest BCUT2D eigenvalue weighted by Gasteiger charge is -2.61. The molecule has 0 aromatic carbocycles. The Bertz CT molecular complexity index is 910. The maximum absolute atomic E-state index is 10.9. The molecule has 0 aromatic rings. The van der Waals surface area contributed by atoms with Crippen LogP contribution in [0.2, 0.25) is 0 Å². The van der Waals surface area contributed by atoms with Crippen LogP contribution in [0.15, 0.2) is 0 Å². The molecule has 0 aliphatic heterocycles. The van der Waals surface area contributed by atoms with Crippen molar-refractivity contribution in [2.45, 2.75) is 117 Å². The second-order valence-corrected chi connectivity index (χ2v) is 17.1. The van der Waals surface area contributed by atoms with Crippen LogP contribution in [0, 0.1) is 46.3 Å². The Morgan fingerprint density at radius 1 is 0.949 bits per heavy atom. The summed E-state index contributed by atoms with van der Waals surface area (Å²) in [6.45, 7) is 12.9. The number of rotatable bonds is 13. The van der Waals surface area contributed by atoms with Gasteiger partial charge in [-0.2, -0.15) is 0 Å². The van der Waals surface area contributed by atoms with Crippen molar-refractivity contribution in [3.8, 4) is 0 Å². The molecule has 0 aromatic heterocycles. The minimum absolute atomic E-state index is 0.253. The number of quaternary nitrogens is 1. The van der Waals surface area contributed by atoms with E-state index >= 15 is 0 Å². The monoisotopic (exact) mass is 567 g/mol. The zero-order valence-corrected chi connectivity index (χ0v) is 27.0. The van der Waals surface area contributed by atoms with Crippen LogP contribution in [0.3, 0.4) is 0 Å². The normalized spacial score (nSPS) is 39.6. The van der Waals surface area contributed by atoms with Gasteiger partial charge < -0.3 is 9.04 Å². The molecule has 4 aliphatic carbocycles. The van der Waals surface area contributed by atoms with Crippen molar-refractivity contribution in [2.24, 2.45) is 46.3 Å². The summed E-state index contributed by atoms with van der Waals surface area (Å²) in [6.07, 6.45) is 17.0. The molecule has 7 heteroatoms. The van der Waals surface area contributed by atoms with Gasteiger partial charge in [0.05, 0.1) is 37.3 Å². The van der Waals surface area contributed by atoms with Gasteiger partial charge in [-0.25, -0.2) is 8.42 Å². The first-order valence-corrected chi connectivity index (χ1v) is 18.1. The number of nitrogens with one attached hydrogen (secondary N) is 2. The molecule has 0 radical (unpaired) electrons. The molecule has 228 valence electrons. The summed E-state index contributed by atoms with van der Waals surface area (Å²) in [6, 6.07) is 0.573. The third-order valence-electron chi connectivity index (χ3n) is 12.7. The highest BCUT2D eigenvalue weighted by molar-refractivity contribution is 7.85. The molecule has 0 saturated heterocycles. The molecule has 2 N–H and O–H groups in total. The second kappa shape index (κ2) is 12.6. The van der Waals surface area contributed by atoms with E-state index in [2.05, 4.69) is 52.6 Å². The molecule has 4 fully saturated rings. The lowest BCUT2D eigenvalue weighted by Crippen LogP contribution is -2.56. The fourth-order valence-electron chi connectivity index (χ4n) is 10.6. The Labute approximate surface area is 241 Å². The lowest BCUT2D eigenvalue weighted by molar-refractivity contribution is -0.890. The third kappa shape index (κ3) is 7.24. The summed E-state index contributed by atoms with van der Waals surface area (Å²) >= 11 is 0. The summed E-state index contributed by atoms with van der Waals surface area (Å²) in [5.74, 6) is 5.36. The summed E-state index contributed by atoms with van der Waals surface area (Å²) < 4.78 is 33.4. The Morgan fingerprint density at radius 2 is 1.64 bits per heavy atom. The molecule has 0 heterocycles. The third-order valence-corrected chi connectivity index (χ3v) is 13.5. The SMILES string of the molecule is CCC[C@@H](C)[C@H]1CCC2C3CCC4CC(NNCCC[N+](C)(C)CCCS(=O)(=O)[O-])CC[C@]4(C)C3CC[C@@]21C. The van der Waals surface area contributed by atoms with E-state index < -0.39 is 10.1 Å². The maximum Gasteiger partial charge on any atom is 0.0948 e. The van der Waals surface area contributed by atoms with Crippen LogP contribution in [-0.4, -0.2) is 63.0 Å². The molecule has 9 atom stereocenters.